The molecule has 2 aromatic carbocycles. The first kappa shape index (κ1) is 17.2. The van der Waals surface area contributed by atoms with Crippen LogP contribution in [0.4, 0.5) is 10.1 Å². The summed E-state index contributed by atoms with van der Waals surface area (Å²) in [7, 11) is 0. The highest BCUT2D eigenvalue weighted by molar-refractivity contribution is 5.94. The van der Waals surface area contributed by atoms with Gasteiger partial charge in [-0.1, -0.05) is 18.2 Å². The van der Waals surface area contributed by atoms with Crippen LogP contribution in [0.25, 0.3) is 0 Å². The standard InChI is InChI=1S/C18H16FN3O2/c1-13(23)22(11-14-5-7-16(19)8-6-14)12-18(24)21-17-4-2-3-15(9-17)10-20/h2-9H,11-12H2,1H3,(H,21,24). The van der Waals surface area contributed by atoms with E-state index in [1.54, 1.807) is 36.4 Å². The Morgan fingerprint density at radius 1 is 1.21 bits per heavy atom. The van der Waals surface area contributed by atoms with E-state index in [0.29, 0.717) is 11.3 Å². The van der Waals surface area contributed by atoms with Gasteiger partial charge in [0.1, 0.15) is 12.4 Å². The molecule has 0 atom stereocenters. The summed E-state index contributed by atoms with van der Waals surface area (Å²) in [5, 5.41) is 11.5. The number of anilines is 1. The van der Waals surface area contributed by atoms with E-state index in [9.17, 15) is 14.0 Å². The van der Waals surface area contributed by atoms with Crippen LogP contribution in [0, 0.1) is 17.1 Å². The summed E-state index contributed by atoms with van der Waals surface area (Å²) in [4.78, 5) is 25.2. The number of rotatable bonds is 5. The number of nitrogens with one attached hydrogen (secondary N) is 1. The van der Waals surface area contributed by atoms with Gasteiger partial charge in [0.15, 0.2) is 0 Å². The first-order valence-electron chi connectivity index (χ1n) is 7.28. The molecule has 0 aliphatic rings. The molecule has 0 unspecified atom stereocenters. The molecule has 24 heavy (non-hydrogen) atoms. The number of carbonyl (C=O) groups is 2. The number of hydrogen-bond acceptors (Lipinski definition) is 3. The minimum Gasteiger partial charge on any atom is -0.329 e. The maximum atomic E-state index is 12.9. The van der Waals surface area contributed by atoms with Gasteiger partial charge in [-0.15, -0.1) is 0 Å². The van der Waals surface area contributed by atoms with E-state index < -0.39 is 0 Å². The van der Waals surface area contributed by atoms with Crippen LogP contribution in [-0.4, -0.2) is 23.3 Å². The third-order valence-corrected chi connectivity index (χ3v) is 3.34. The lowest BCUT2D eigenvalue weighted by Crippen LogP contribution is -2.36. The molecule has 0 saturated carbocycles. The Balaban J connectivity index is 2.01. The van der Waals surface area contributed by atoms with Gasteiger partial charge in [-0.25, -0.2) is 4.39 Å². The van der Waals surface area contributed by atoms with Crippen LogP contribution < -0.4 is 5.32 Å². The number of nitrogens with zero attached hydrogens (tertiary/aromatic N) is 2. The molecule has 2 amide bonds. The molecule has 0 heterocycles. The molecule has 0 aliphatic carbocycles. The molecule has 5 nitrogen and oxygen atoms in total. The Labute approximate surface area is 139 Å². The molecule has 2 aromatic rings. The molecular formula is C18H16FN3O2. The Hall–Kier alpha value is -3.20. The van der Waals surface area contributed by atoms with E-state index in [-0.39, 0.29) is 30.7 Å². The number of carbonyl (C=O) groups excluding carboxylic acids is 2. The van der Waals surface area contributed by atoms with E-state index >= 15 is 0 Å². The zero-order chi connectivity index (χ0) is 17.5. The van der Waals surface area contributed by atoms with Crippen molar-refractivity contribution in [3.63, 3.8) is 0 Å². The van der Waals surface area contributed by atoms with Crippen LogP contribution in [0.2, 0.25) is 0 Å². The number of hydrogen-bond donors (Lipinski definition) is 1. The quantitative estimate of drug-likeness (QED) is 0.918. The zero-order valence-electron chi connectivity index (χ0n) is 13.1. The van der Waals surface area contributed by atoms with Gasteiger partial charge in [-0.3, -0.25) is 9.59 Å². The predicted molar refractivity (Wildman–Crippen MR) is 87.3 cm³/mol. The minimum absolute atomic E-state index is 0.135. The average molecular weight is 325 g/mol. The molecule has 0 radical (unpaired) electrons. The summed E-state index contributed by atoms with van der Waals surface area (Å²) >= 11 is 0. The van der Waals surface area contributed by atoms with E-state index in [4.69, 9.17) is 5.26 Å². The fraction of sp³-hybridized carbons (Fsp3) is 0.167. The number of halogens is 1. The molecule has 0 saturated heterocycles. The van der Waals surface area contributed by atoms with E-state index in [2.05, 4.69) is 5.32 Å². The molecule has 0 spiro atoms. The van der Waals surface area contributed by atoms with Gasteiger partial charge in [-0.05, 0) is 35.9 Å². The second kappa shape index (κ2) is 7.88. The summed E-state index contributed by atoms with van der Waals surface area (Å²) in [5.41, 5.74) is 1.65. The first-order chi connectivity index (χ1) is 11.5. The van der Waals surface area contributed by atoms with Gasteiger partial charge in [0, 0.05) is 19.2 Å². The van der Waals surface area contributed by atoms with Crippen molar-refractivity contribution in [2.45, 2.75) is 13.5 Å². The molecule has 6 heteroatoms. The number of benzene rings is 2. The monoisotopic (exact) mass is 325 g/mol. The molecule has 122 valence electrons. The minimum atomic E-state index is -0.373. The summed E-state index contributed by atoms with van der Waals surface area (Å²) in [6.07, 6.45) is 0. The molecule has 0 bridgehead atoms. The van der Waals surface area contributed by atoms with Gasteiger partial charge >= 0.3 is 0 Å². The average Bonchev–Trinajstić information content (AvgIpc) is 2.56. The maximum absolute atomic E-state index is 12.9. The molecule has 1 N–H and O–H groups in total. The van der Waals surface area contributed by atoms with Crippen LogP contribution in [0.15, 0.2) is 48.5 Å². The van der Waals surface area contributed by atoms with Gasteiger partial charge in [-0.2, -0.15) is 5.26 Å². The topological polar surface area (TPSA) is 73.2 Å². The van der Waals surface area contributed by atoms with Crippen molar-refractivity contribution in [1.82, 2.24) is 4.90 Å². The lowest BCUT2D eigenvalue weighted by Gasteiger charge is -2.20. The molecule has 0 aliphatic heterocycles. The van der Waals surface area contributed by atoms with Crippen LogP contribution >= 0.6 is 0 Å². The van der Waals surface area contributed by atoms with E-state index in [1.807, 2.05) is 6.07 Å². The Morgan fingerprint density at radius 3 is 2.54 bits per heavy atom. The maximum Gasteiger partial charge on any atom is 0.244 e. The molecule has 2 rings (SSSR count). The predicted octanol–water partition coefficient (Wildman–Crippen LogP) is 2.68. The fourth-order valence-electron chi connectivity index (χ4n) is 2.13. The van der Waals surface area contributed by atoms with Crippen molar-refractivity contribution in [3.8, 4) is 6.07 Å². The third-order valence-electron chi connectivity index (χ3n) is 3.34. The zero-order valence-corrected chi connectivity index (χ0v) is 13.1. The van der Waals surface area contributed by atoms with Gasteiger partial charge in [0.05, 0.1) is 11.6 Å². The summed E-state index contributed by atoms with van der Waals surface area (Å²) < 4.78 is 12.9. The third kappa shape index (κ3) is 4.92. The van der Waals surface area contributed by atoms with Crippen molar-refractivity contribution >= 4 is 17.5 Å². The van der Waals surface area contributed by atoms with Gasteiger partial charge in [0.2, 0.25) is 11.8 Å². The van der Waals surface area contributed by atoms with Crippen LogP contribution in [0.5, 0.6) is 0 Å². The highest BCUT2D eigenvalue weighted by Crippen LogP contribution is 2.11. The van der Waals surface area contributed by atoms with Crippen molar-refractivity contribution in [1.29, 1.82) is 5.26 Å². The lowest BCUT2D eigenvalue weighted by atomic mass is 10.2. The van der Waals surface area contributed by atoms with Gasteiger partial charge < -0.3 is 10.2 Å². The highest BCUT2D eigenvalue weighted by atomic mass is 19.1. The molecular weight excluding hydrogens is 309 g/mol. The van der Waals surface area contributed by atoms with Crippen LogP contribution in [0.1, 0.15) is 18.1 Å². The SMILES string of the molecule is CC(=O)N(CC(=O)Nc1cccc(C#N)c1)Cc1ccc(F)cc1. The number of nitriles is 1. The van der Waals surface area contributed by atoms with Crippen molar-refractivity contribution in [2.24, 2.45) is 0 Å². The van der Waals surface area contributed by atoms with E-state index in [1.165, 1.54) is 24.0 Å². The number of amides is 2. The fourth-order valence-corrected chi connectivity index (χ4v) is 2.13. The second-order valence-electron chi connectivity index (χ2n) is 5.24. The van der Waals surface area contributed by atoms with Gasteiger partial charge in [0.25, 0.3) is 0 Å². The largest absolute Gasteiger partial charge is 0.329 e. The van der Waals surface area contributed by atoms with Crippen molar-refractivity contribution in [3.05, 3.63) is 65.5 Å². The molecule has 0 aromatic heterocycles. The summed E-state index contributed by atoms with van der Waals surface area (Å²) in [5.74, 6) is -0.995. The smallest absolute Gasteiger partial charge is 0.244 e. The van der Waals surface area contributed by atoms with Crippen LogP contribution in [0.3, 0.4) is 0 Å². The Morgan fingerprint density at radius 2 is 1.92 bits per heavy atom. The lowest BCUT2D eigenvalue weighted by molar-refractivity contribution is -0.133. The summed E-state index contributed by atoms with van der Waals surface area (Å²) in [6.45, 7) is 1.44. The molecule has 0 fully saturated rings. The Bertz CT molecular complexity index is 782. The Kier molecular flexibility index (Phi) is 5.63. The van der Waals surface area contributed by atoms with Crippen LogP contribution in [-0.2, 0) is 16.1 Å². The van der Waals surface area contributed by atoms with E-state index in [0.717, 1.165) is 5.56 Å². The first-order valence-corrected chi connectivity index (χ1v) is 7.28. The summed E-state index contributed by atoms with van der Waals surface area (Å²) in [6, 6.07) is 14.2. The van der Waals surface area contributed by atoms with Crippen molar-refractivity contribution < 1.29 is 14.0 Å². The second-order valence-corrected chi connectivity index (χ2v) is 5.24. The normalized spacial score (nSPS) is 9.88. The highest BCUT2D eigenvalue weighted by Gasteiger charge is 2.14. The van der Waals surface area contributed by atoms with Crippen molar-refractivity contribution in [2.75, 3.05) is 11.9 Å².